The lowest BCUT2D eigenvalue weighted by Crippen LogP contribution is -2.17. The van der Waals surface area contributed by atoms with Gasteiger partial charge in [-0.25, -0.2) is 0 Å². The van der Waals surface area contributed by atoms with Gasteiger partial charge in [0.15, 0.2) is 0 Å². The van der Waals surface area contributed by atoms with Gasteiger partial charge in [0.05, 0.1) is 4.91 Å². The molecule has 1 N–H and O–H groups in total. The van der Waals surface area contributed by atoms with Crippen LogP contribution in [0.15, 0.2) is 63.2 Å². The minimum absolute atomic E-state index is 0.117. The van der Waals surface area contributed by atoms with Crippen LogP contribution in [0.5, 0.6) is 0 Å². The molecule has 1 fully saturated rings. The zero-order valence-corrected chi connectivity index (χ0v) is 15.0. The fourth-order valence-corrected chi connectivity index (χ4v) is 4.42. The van der Waals surface area contributed by atoms with Crippen LogP contribution >= 0.6 is 35.7 Å². The van der Waals surface area contributed by atoms with Crippen LogP contribution in [0.25, 0.3) is 6.08 Å². The summed E-state index contributed by atoms with van der Waals surface area (Å²) in [5.74, 6) is -0.117. The normalized spacial score (nSPS) is 16.0. The van der Waals surface area contributed by atoms with E-state index in [2.05, 4.69) is 42.6 Å². The van der Waals surface area contributed by atoms with E-state index in [0.29, 0.717) is 9.23 Å². The van der Waals surface area contributed by atoms with Crippen molar-refractivity contribution < 1.29 is 4.79 Å². The van der Waals surface area contributed by atoms with E-state index in [1.165, 1.54) is 22.2 Å². The third-order valence-electron chi connectivity index (χ3n) is 3.42. The number of carbonyl (C=O) groups excluding carboxylic acids is 1. The average molecular weight is 358 g/mol. The standard InChI is InChI=1S/C18H15NOS3/c1-2-12-7-3-5-9-14(12)22-15-10-6-4-8-13(15)11-16-17(20)19-18(21)23-16/h3-11H,2H2,1H3,(H,19,20,21). The molecular formula is C18H15NOS3. The van der Waals surface area contributed by atoms with Gasteiger partial charge in [-0.1, -0.05) is 79.1 Å². The van der Waals surface area contributed by atoms with Crippen molar-refractivity contribution in [2.24, 2.45) is 0 Å². The van der Waals surface area contributed by atoms with Crippen molar-refractivity contribution in [1.29, 1.82) is 0 Å². The van der Waals surface area contributed by atoms with Gasteiger partial charge in [0.25, 0.3) is 5.91 Å². The highest BCUT2D eigenvalue weighted by Gasteiger charge is 2.22. The van der Waals surface area contributed by atoms with Gasteiger partial charge in [-0.2, -0.15) is 0 Å². The quantitative estimate of drug-likeness (QED) is 0.623. The molecule has 1 heterocycles. The van der Waals surface area contributed by atoms with Gasteiger partial charge >= 0.3 is 0 Å². The molecule has 3 rings (SSSR count). The Kier molecular flexibility index (Phi) is 5.20. The van der Waals surface area contributed by atoms with Crippen molar-refractivity contribution in [1.82, 2.24) is 5.32 Å². The first-order valence-electron chi connectivity index (χ1n) is 7.27. The minimum atomic E-state index is -0.117. The van der Waals surface area contributed by atoms with E-state index in [-0.39, 0.29) is 5.91 Å². The summed E-state index contributed by atoms with van der Waals surface area (Å²) in [5, 5.41) is 2.65. The van der Waals surface area contributed by atoms with Gasteiger partial charge in [0, 0.05) is 9.79 Å². The Morgan fingerprint density at radius 3 is 2.52 bits per heavy atom. The number of amides is 1. The number of rotatable bonds is 4. The largest absolute Gasteiger partial charge is 0.307 e. The van der Waals surface area contributed by atoms with Crippen molar-refractivity contribution in [3.05, 3.63) is 64.6 Å². The summed E-state index contributed by atoms with van der Waals surface area (Å²) in [6.45, 7) is 2.16. The topological polar surface area (TPSA) is 29.1 Å². The van der Waals surface area contributed by atoms with Gasteiger partial charge in [0.2, 0.25) is 0 Å². The maximum atomic E-state index is 11.9. The Morgan fingerprint density at radius 2 is 1.83 bits per heavy atom. The predicted octanol–water partition coefficient (Wildman–Crippen LogP) is 4.89. The summed E-state index contributed by atoms with van der Waals surface area (Å²) < 4.78 is 0.516. The van der Waals surface area contributed by atoms with Crippen LogP contribution in [0.2, 0.25) is 0 Å². The Labute approximate surface area is 149 Å². The lowest BCUT2D eigenvalue weighted by Gasteiger charge is -2.09. The molecule has 2 nitrogen and oxygen atoms in total. The average Bonchev–Trinajstić information content (AvgIpc) is 2.87. The van der Waals surface area contributed by atoms with E-state index >= 15 is 0 Å². The van der Waals surface area contributed by atoms with Gasteiger partial charge < -0.3 is 5.32 Å². The molecule has 0 unspecified atom stereocenters. The molecule has 0 spiro atoms. The van der Waals surface area contributed by atoms with Crippen molar-refractivity contribution >= 4 is 52.0 Å². The highest BCUT2D eigenvalue weighted by Crippen LogP contribution is 2.35. The van der Waals surface area contributed by atoms with Gasteiger partial charge in [-0.15, -0.1) is 0 Å². The van der Waals surface area contributed by atoms with Crippen molar-refractivity contribution in [3.8, 4) is 0 Å². The molecule has 0 aliphatic carbocycles. The number of thiocarbonyl (C=S) groups is 1. The van der Waals surface area contributed by atoms with Gasteiger partial charge in [0.1, 0.15) is 4.32 Å². The highest BCUT2D eigenvalue weighted by atomic mass is 32.2. The first-order valence-corrected chi connectivity index (χ1v) is 9.31. The highest BCUT2D eigenvalue weighted by molar-refractivity contribution is 8.26. The predicted molar refractivity (Wildman–Crippen MR) is 103 cm³/mol. The lowest BCUT2D eigenvalue weighted by molar-refractivity contribution is -0.115. The van der Waals surface area contributed by atoms with Crippen molar-refractivity contribution in [2.45, 2.75) is 23.1 Å². The Morgan fingerprint density at radius 1 is 1.13 bits per heavy atom. The summed E-state index contributed by atoms with van der Waals surface area (Å²) >= 11 is 8.09. The fourth-order valence-electron chi connectivity index (χ4n) is 2.27. The molecule has 0 radical (unpaired) electrons. The minimum Gasteiger partial charge on any atom is -0.307 e. The van der Waals surface area contributed by atoms with E-state index in [0.717, 1.165) is 16.9 Å². The second kappa shape index (κ2) is 7.34. The number of hydrogen-bond acceptors (Lipinski definition) is 4. The van der Waals surface area contributed by atoms with E-state index in [9.17, 15) is 4.79 Å². The first-order chi connectivity index (χ1) is 11.2. The zero-order valence-electron chi connectivity index (χ0n) is 12.5. The summed E-state index contributed by atoms with van der Waals surface area (Å²) in [7, 11) is 0. The molecule has 5 heteroatoms. The molecule has 0 atom stereocenters. The van der Waals surface area contributed by atoms with Crippen LogP contribution in [-0.2, 0) is 11.2 Å². The van der Waals surface area contributed by atoms with E-state index in [1.54, 1.807) is 11.8 Å². The van der Waals surface area contributed by atoms with E-state index in [1.807, 2.05) is 24.3 Å². The number of nitrogens with one attached hydrogen (secondary N) is 1. The van der Waals surface area contributed by atoms with Gasteiger partial charge in [-0.3, -0.25) is 4.79 Å². The maximum absolute atomic E-state index is 11.9. The number of carbonyl (C=O) groups is 1. The molecule has 23 heavy (non-hydrogen) atoms. The lowest BCUT2D eigenvalue weighted by atomic mass is 10.2. The second-order valence-electron chi connectivity index (χ2n) is 4.95. The molecule has 0 aromatic heterocycles. The molecule has 1 aliphatic heterocycles. The summed E-state index contributed by atoms with van der Waals surface area (Å²) in [5.41, 5.74) is 2.36. The number of thioether (sulfide) groups is 1. The van der Waals surface area contributed by atoms with E-state index in [4.69, 9.17) is 12.2 Å². The van der Waals surface area contributed by atoms with Crippen molar-refractivity contribution in [3.63, 3.8) is 0 Å². The molecule has 1 aliphatic rings. The van der Waals surface area contributed by atoms with Crippen LogP contribution in [0.4, 0.5) is 0 Å². The van der Waals surface area contributed by atoms with Gasteiger partial charge in [-0.05, 0) is 35.8 Å². The molecule has 0 saturated carbocycles. The molecule has 116 valence electrons. The van der Waals surface area contributed by atoms with Crippen LogP contribution in [0.3, 0.4) is 0 Å². The second-order valence-corrected chi connectivity index (χ2v) is 7.76. The Bertz CT molecular complexity index is 798. The Hall–Kier alpha value is -1.56. The molecular weight excluding hydrogens is 342 g/mol. The number of hydrogen-bond donors (Lipinski definition) is 1. The SMILES string of the molecule is CCc1ccccc1Sc1ccccc1C=C1SC(=S)NC1=O. The summed E-state index contributed by atoms with van der Waals surface area (Å²) in [6, 6.07) is 16.5. The van der Waals surface area contributed by atoms with E-state index < -0.39 is 0 Å². The monoisotopic (exact) mass is 357 g/mol. The first kappa shape index (κ1) is 16.3. The molecule has 0 bridgehead atoms. The third-order valence-corrected chi connectivity index (χ3v) is 5.79. The molecule has 2 aromatic carbocycles. The molecule has 1 saturated heterocycles. The molecule has 1 amide bonds. The van der Waals surface area contributed by atoms with Crippen LogP contribution < -0.4 is 5.32 Å². The van der Waals surface area contributed by atoms with Crippen molar-refractivity contribution in [2.75, 3.05) is 0 Å². The summed E-state index contributed by atoms with van der Waals surface area (Å²) in [6.07, 6.45) is 2.91. The summed E-state index contributed by atoms with van der Waals surface area (Å²) in [4.78, 5) is 14.9. The third kappa shape index (κ3) is 3.86. The van der Waals surface area contributed by atoms with Crippen LogP contribution in [-0.4, -0.2) is 10.2 Å². The zero-order chi connectivity index (χ0) is 16.2. The molecule has 2 aromatic rings. The Balaban J connectivity index is 1.94. The maximum Gasteiger partial charge on any atom is 0.263 e. The smallest absolute Gasteiger partial charge is 0.263 e. The van der Waals surface area contributed by atoms with Crippen LogP contribution in [0.1, 0.15) is 18.1 Å². The number of benzene rings is 2. The fraction of sp³-hybridized carbons (Fsp3) is 0.111. The number of aryl methyl sites for hydroxylation is 1. The van der Waals surface area contributed by atoms with Crippen LogP contribution in [0, 0.1) is 0 Å².